The van der Waals surface area contributed by atoms with Crippen LogP contribution in [0.2, 0.25) is 5.02 Å². The highest BCUT2D eigenvalue weighted by Crippen LogP contribution is 2.23. The molecule has 98 valence electrons. The number of carbonyl (C=O) groups is 1. The predicted molar refractivity (Wildman–Crippen MR) is 74.0 cm³/mol. The number of aryl methyl sites for hydroxylation is 1. The number of halogens is 1. The SMILES string of the molecule is Cc1ccc(NC(=O)c2ccc(NN)nn2)c(Cl)c1. The van der Waals surface area contributed by atoms with Gasteiger partial charge in [-0.25, -0.2) is 5.84 Å². The van der Waals surface area contributed by atoms with E-state index in [0.717, 1.165) is 5.56 Å². The maximum atomic E-state index is 11.9. The number of hydrogen-bond acceptors (Lipinski definition) is 5. The standard InChI is InChI=1S/C12H12ClN5O/c1-7-2-3-9(8(13)6-7)15-12(19)10-4-5-11(16-14)18-17-10/h2-6H,14H2,1H3,(H,15,19)(H,16,18). The Hall–Kier alpha value is -2.18. The van der Waals surface area contributed by atoms with Crippen molar-refractivity contribution in [3.8, 4) is 0 Å². The van der Waals surface area contributed by atoms with Crippen LogP contribution in [0.5, 0.6) is 0 Å². The minimum absolute atomic E-state index is 0.177. The van der Waals surface area contributed by atoms with Crippen molar-refractivity contribution in [2.75, 3.05) is 10.7 Å². The van der Waals surface area contributed by atoms with Crippen LogP contribution in [0.4, 0.5) is 11.5 Å². The minimum atomic E-state index is -0.387. The van der Waals surface area contributed by atoms with Crippen molar-refractivity contribution in [1.29, 1.82) is 0 Å². The molecule has 7 heteroatoms. The third-order valence-electron chi connectivity index (χ3n) is 2.42. The van der Waals surface area contributed by atoms with Gasteiger partial charge in [0.1, 0.15) is 0 Å². The van der Waals surface area contributed by atoms with Crippen molar-refractivity contribution >= 4 is 29.0 Å². The van der Waals surface area contributed by atoms with Gasteiger partial charge in [0.25, 0.3) is 5.91 Å². The van der Waals surface area contributed by atoms with Crippen molar-refractivity contribution in [3.63, 3.8) is 0 Å². The number of nitrogen functional groups attached to an aromatic ring is 1. The van der Waals surface area contributed by atoms with Crippen molar-refractivity contribution in [1.82, 2.24) is 10.2 Å². The van der Waals surface area contributed by atoms with Gasteiger partial charge in [-0.15, -0.1) is 10.2 Å². The average molecular weight is 278 g/mol. The molecule has 0 bridgehead atoms. The van der Waals surface area contributed by atoms with E-state index >= 15 is 0 Å². The normalized spacial score (nSPS) is 10.1. The van der Waals surface area contributed by atoms with E-state index in [-0.39, 0.29) is 11.6 Å². The summed E-state index contributed by atoms with van der Waals surface area (Å²) in [5, 5.41) is 10.6. The van der Waals surface area contributed by atoms with E-state index in [1.165, 1.54) is 6.07 Å². The second kappa shape index (κ2) is 5.64. The highest BCUT2D eigenvalue weighted by molar-refractivity contribution is 6.34. The fourth-order valence-corrected chi connectivity index (χ4v) is 1.72. The molecule has 0 atom stereocenters. The maximum Gasteiger partial charge on any atom is 0.276 e. The molecule has 1 aromatic carbocycles. The van der Waals surface area contributed by atoms with Crippen molar-refractivity contribution in [3.05, 3.63) is 46.6 Å². The van der Waals surface area contributed by atoms with Crippen LogP contribution < -0.4 is 16.6 Å². The highest BCUT2D eigenvalue weighted by Gasteiger charge is 2.10. The molecule has 1 amide bonds. The number of anilines is 2. The number of carbonyl (C=O) groups excluding carboxylic acids is 1. The van der Waals surface area contributed by atoms with Crippen LogP contribution >= 0.6 is 11.6 Å². The minimum Gasteiger partial charge on any atom is -0.319 e. The number of hydrogen-bond donors (Lipinski definition) is 3. The predicted octanol–water partition coefficient (Wildman–Crippen LogP) is 1.98. The van der Waals surface area contributed by atoms with E-state index in [0.29, 0.717) is 16.5 Å². The molecule has 0 fully saturated rings. The van der Waals surface area contributed by atoms with Crippen LogP contribution in [-0.2, 0) is 0 Å². The number of aromatic nitrogens is 2. The highest BCUT2D eigenvalue weighted by atomic mass is 35.5. The van der Waals surface area contributed by atoms with Gasteiger partial charge in [-0.1, -0.05) is 17.7 Å². The fourth-order valence-electron chi connectivity index (χ4n) is 1.44. The molecule has 0 radical (unpaired) electrons. The number of nitrogens with two attached hydrogens (primary N) is 1. The number of nitrogens with one attached hydrogen (secondary N) is 2. The summed E-state index contributed by atoms with van der Waals surface area (Å²) in [4.78, 5) is 11.9. The molecule has 4 N–H and O–H groups in total. The Bertz CT molecular complexity index is 600. The average Bonchev–Trinajstić information content (AvgIpc) is 2.42. The Morgan fingerprint density at radius 1 is 1.26 bits per heavy atom. The van der Waals surface area contributed by atoms with E-state index in [4.69, 9.17) is 17.4 Å². The second-order valence-corrected chi connectivity index (χ2v) is 4.29. The molecule has 0 aliphatic rings. The fraction of sp³-hybridized carbons (Fsp3) is 0.0833. The van der Waals surface area contributed by atoms with Gasteiger partial charge >= 0.3 is 0 Å². The number of hydrazine groups is 1. The van der Waals surface area contributed by atoms with E-state index in [9.17, 15) is 4.79 Å². The summed E-state index contributed by atoms with van der Waals surface area (Å²) in [6.45, 7) is 1.92. The third-order valence-corrected chi connectivity index (χ3v) is 2.73. The monoisotopic (exact) mass is 277 g/mol. The van der Waals surface area contributed by atoms with Gasteiger partial charge in [-0.2, -0.15) is 0 Å². The van der Waals surface area contributed by atoms with E-state index < -0.39 is 0 Å². The molecule has 0 spiro atoms. The molecule has 2 rings (SSSR count). The van der Waals surface area contributed by atoms with Crippen LogP contribution in [0.1, 0.15) is 16.1 Å². The third kappa shape index (κ3) is 3.18. The first-order valence-electron chi connectivity index (χ1n) is 5.48. The molecule has 1 heterocycles. The van der Waals surface area contributed by atoms with Crippen LogP contribution in [0.15, 0.2) is 30.3 Å². The van der Waals surface area contributed by atoms with Gasteiger partial charge in [-0.05, 0) is 36.8 Å². The summed E-state index contributed by atoms with van der Waals surface area (Å²) in [6, 6.07) is 8.43. The van der Waals surface area contributed by atoms with Crippen LogP contribution in [0.3, 0.4) is 0 Å². The van der Waals surface area contributed by atoms with E-state index in [2.05, 4.69) is 20.9 Å². The largest absolute Gasteiger partial charge is 0.319 e. The van der Waals surface area contributed by atoms with Gasteiger partial charge in [0.15, 0.2) is 11.5 Å². The summed E-state index contributed by atoms with van der Waals surface area (Å²) >= 11 is 6.03. The Morgan fingerprint density at radius 2 is 2.05 bits per heavy atom. The Kier molecular flexibility index (Phi) is 3.94. The van der Waals surface area contributed by atoms with Gasteiger partial charge in [0.05, 0.1) is 10.7 Å². The number of amides is 1. The molecule has 0 saturated carbocycles. The number of nitrogens with zero attached hydrogens (tertiary/aromatic N) is 2. The molecule has 2 aromatic rings. The van der Waals surface area contributed by atoms with Crippen molar-refractivity contribution < 1.29 is 4.79 Å². The van der Waals surface area contributed by atoms with Crippen molar-refractivity contribution in [2.24, 2.45) is 5.84 Å². The zero-order chi connectivity index (χ0) is 13.8. The summed E-state index contributed by atoms with van der Waals surface area (Å²) in [7, 11) is 0. The molecule has 0 unspecified atom stereocenters. The van der Waals surface area contributed by atoms with E-state index in [1.807, 2.05) is 13.0 Å². The zero-order valence-corrected chi connectivity index (χ0v) is 10.9. The first-order chi connectivity index (χ1) is 9.10. The van der Waals surface area contributed by atoms with Crippen molar-refractivity contribution in [2.45, 2.75) is 6.92 Å². The second-order valence-electron chi connectivity index (χ2n) is 3.89. The Balaban J connectivity index is 2.15. The molecule has 1 aromatic heterocycles. The Labute approximate surface area is 115 Å². The van der Waals surface area contributed by atoms with Gasteiger partial charge in [-0.3, -0.25) is 4.79 Å². The molecule has 0 saturated heterocycles. The molecule has 0 aliphatic heterocycles. The maximum absolute atomic E-state index is 11.9. The number of benzene rings is 1. The van der Waals surface area contributed by atoms with Gasteiger partial charge in [0, 0.05) is 0 Å². The zero-order valence-electron chi connectivity index (χ0n) is 10.1. The van der Waals surface area contributed by atoms with Crippen LogP contribution in [-0.4, -0.2) is 16.1 Å². The lowest BCUT2D eigenvalue weighted by Gasteiger charge is -2.07. The molecular weight excluding hydrogens is 266 g/mol. The van der Waals surface area contributed by atoms with Crippen LogP contribution in [0.25, 0.3) is 0 Å². The smallest absolute Gasteiger partial charge is 0.276 e. The lowest BCUT2D eigenvalue weighted by molar-refractivity contribution is 0.102. The first-order valence-corrected chi connectivity index (χ1v) is 5.86. The summed E-state index contributed by atoms with van der Waals surface area (Å²) < 4.78 is 0. The van der Waals surface area contributed by atoms with E-state index in [1.54, 1.807) is 18.2 Å². The quantitative estimate of drug-likeness (QED) is 0.589. The van der Waals surface area contributed by atoms with Gasteiger partial charge in [0.2, 0.25) is 0 Å². The Morgan fingerprint density at radius 3 is 2.63 bits per heavy atom. The topological polar surface area (TPSA) is 92.9 Å². The summed E-state index contributed by atoms with van der Waals surface area (Å²) in [6.07, 6.45) is 0. The molecule has 6 nitrogen and oxygen atoms in total. The summed E-state index contributed by atoms with van der Waals surface area (Å²) in [5.74, 6) is 5.16. The summed E-state index contributed by atoms with van der Waals surface area (Å²) in [5.41, 5.74) is 4.05. The molecule has 19 heavy (non-hydrogen) atoms. The molecule has 0 aliphatic carbocycles. The molecular formula is C12H12ClN5O. The first kappa shape index (κ1) is 13.3. The lowest BCUT2D eigenvalue weighted by atomic mass is 10.2. The van der Waals surface area contributed by atoms with Gasteiger partial charge < -0.3 is 10.7 Å². The van der Waals surface area contributed by atoms with Crippen LogP contribution in [0, 0.1) is 6.92 Å². The lowest BCUT2D eigenvalue weighted by Crippen LogP contribution is -2.16. The number of rotatable bonds is 3.